The fraction of sp³-hybridized carbons (Fsp3) is 0.158. The predicted octanol–water partition coefficient (Wildman–Crippen LogP) is 3.54. The predicted molar refractivity (Wildman–Crippen MR) is 98.2 cm³/mol. The molecular weight excluding hydrogens is 388 g/mol. The molecule has 0 saturated carbocycles. The van der Waals surface area contributed by atoms with Crippen LogP contribution in [0.2, 0.25) is 5.02 Å². The number of carbonyl (C=O) groups excluding carboxylic acids is 2. The van der Waals surface area contributed by atoms with Gasteiger partial charge in [-0.15, -0.1) is 0 Å². The van der Waals surface area contributed by atoms with E-state index in [9.17, 15) is 9.59 Å². The lowest BCUT2D eigenvalue weighted by Gasteiger charge is -2.08. The fourth-order valence-corrected chi connectivity index (χ4v) is 2.45. The molecule has 0 aliphatic heterocycles. The summed E-state index contributed by atoms with van der Waals surface area (Å²) >= 11 is 5.86. The Balaban J connectivity index is 1.77. The Kier molecular flexibility index (Phi) is 5.90. The van der Waals surface area contributed by atoms with Gasteiger partial charge in [-0.2, -0.15) is 4.98 Å². The van der Waals surface area contributed by atoms with Gasteiger partial charge < -0.3 is 18.7 Å². The lowest BCUT2D eigenvalue weighted by atomic mass is 10.1. The summed E-state index contributed by atoms with van der Waals surface area (Å²) in [6.07, 6.45) is 0. The van der Waals surface area contributed by atoms with Crippen LogP contribution in [0.5, 0.6) is 5.75 Å². The summed E-state index contributed by atoms with van der Waals surface area (Å²) in [5, 5.41) is 4.49. The molecular formula is C19H15ClN2O6. The summed E-state index contributed by atoms with van der Waals surface area (Å²) in [4.78, 5) is 27.9. The molecule has 8 nitrogen and oxygen atoms in total. The first kappa shape index (κ1) is 19.4. The van der Waals surface area contributed by atoms with Crippen LogP contribution < -0.4 is 4.74 Å². The van der Waals surface area contributed by atoms with Crippen molar-refractivity contribution in [2.75, 3.05) is 14.2 Å². The molecule has 0 amide bonds. The first-order valence-electron chi connectivity index (χ1n) is 8.03. The van der Waals surface area contributed by atoms with Gasteiger partial charge >= 0.3 is 11.9 Å². The van der Waals surface area contributed by atoms with Gasteiger partial charge in [0.1, 0.15) is 5.75 Å². The monoisotopic (exact) mass is 402 g/mol. The van der Waals surface area contributed by atoms with Crippen LogP contribution in [0.3, 0.4) is 0 Å². The molecule has 0 aliphatic rings. The summed E-state index contributed by atoms with van der Waals surface area (Å²) < 4.78 is 20.1. The molecule has 0 unspecified atom stereocenters. The van der Waals surface area contributed by atoms with Crippen molar-refractivity contribution in [1.82, 2.24) is 10.1 Å². The molecule has 3 rings (SSSR count). The molecule has 1 aromatic heterocycles. The summed E-state index contributed by atoms with van der Waals surface area (Å²) in [6, 6.07) is 11.2. The average molecular weight is 403 g/mol. The maximum absolute atomic E-state index is 11.8. The minimum atomic E-state index is -0.613. The van der Waals surface area contributed by atoms with E-state index in [0.29, 0.717) is 10.8 Å². The van der Waals surface area contributed by atoms with E-state index in [1.54, 1.807) is 24.3 Å². The first-order valence-corrected chi connectivity index (χ1v) is 8.41. The third-order valence-electron chi connectivity index (χ3n) is 3.68. The minimum absolute atomic E-state index is 0.0637. The fourth-order valence-electron chi connectivity index (χ4n) is 2.33. The third-order valence-corrected chi connectivity index (χ3v) is 3.93. The first-order chi connectivity index (χ1) is 13.5. The second-order valence-electron chi connectivity index (χ2n) is 5.54. The van der Waals surface area contributed by atoms with Crippen molar-refractivity contribution in [3.63, 3.8) is 0 Å². The van der Waals surface area contributed by atoms with Crippen molar-refractivity contribution in [2.45, 2.75) is 6.61 Å². The Morgan fingerprint density at radius 2 is 1.61 bits per heavy atom. The van der Waals surface area contributed by atoms with Crippen LogP contribution in [0.1, 0.15) is 26.6 Å². The highest BCUT2D eigenvalue weighted by molar-refractivity contribution is 6.30. The van der Waals surface area contributed by atoms with E-state index in [4.69, 9.17) is 20.9 Å². The van der Waals surface area contributed by atoms with Gasteiger partial charge in [0.25, 0.3) is 5.89 Å². The van der Waals surface area contributed by atoms with Crippen molar-refractivity contribution in [3.05, 3.63) is 64.5 Å². The van der Waals surface area contributed by atoms with E-state index in [2.05, 4.69) is 19.6 Å². The van der Waals surface area contributed by atoms with Crippen molar-refractivity contribution >= 4 is 23.5 Å². The van der Waals surface area contributed by atoms with Crippen LogP contribution in [0, 0.1) is 0 Å². The van der Waals surface area contributed by atoms with Crippen LogP contribution in [0.25, 0.3) is 11.4 Å². The summed E-state index contributed by atoms with van der Waals surface area (Å²) in [5.41, 5.74) is 1.03. The van der Waals surface area contributed by atoms with Gasteiger partial charge in [0, 0.05) is 10.6 Å². The Morgan fingerprint density at radius 1 is 1.00 bits per heavy atom. The molecule has 28 heavy (non-hydrogen) atoms. The van der Waals surface area contributed by atoms with E-state index in [-0.39, 0.29) is 29.4 Å². The number of methoxy groups -OCH3 is 2. The highest BCUT2D eigenvalue weighted by atomic mass is 35.5. The van der Waals surface area contributed by atoms with E-state index < -0.39 is 11.9 Å². The van der Waals surface area contributed by atoms with Gasteiger partial charge in [0.05, 0.1) is 25.3 Å². The number of benzene rings is 2. The van der Waals surface area contributed by atoms with Crippen LogP contribution in [0.4, 0.5) is 0 Å². The number of rotatable bonds is 6. The van der Waals surface area contributed by atoms with Crippen LogP contribution in [-0.2, 0) is 16.1 Å². The molecule has 2 aromatic carbocycles. The molecule has 0 fully saturated rings. The molecule has 3 aromatic rings. The van der Waals surface area contributed by atoms with Gasteiger partial charge in [-0.3, -0.25) is 0 Å². The Bertz CT molecular complexity index is 966. The summed E-state index contributed by atoms with van der Waals surface area (Å²) in [5.74, 6) is -0.381. The lowest BCUT2D eigenvalue weighted by molar-refractivity contribution is 0.0598. The molecule has 0 bridgehead atoms. The highest BCUT2D eigenvalue weighted by Crippen LogP contribution is 2.22. The number of esters is 2. The Hall–Kier alpha value is -3.39. The number of nitrogens with zero attached hydrogens (tertiary/aromatic N) is 2. The molecule has 0 saturated heterocycles. The number of ether oxygens (including phenoxy) is 3. The molecule has 144 valence electrons. The second kappa shape index (κ2) is 8.53. The van der Waals surface area contributed by atoms with Crippen molar-refractivity contribution in [3.8, 4) is 17.1 Å². The largest absolute Gasteiger partial charge is 0.484 e. The second-order valence-corrected chi connectivity index (χ2v) is 5.97. The molecule has 0 radical (unpaired) electrons. The van der Waals surface area contributed by atoms with Gasteiger partial charge in [0.15, 0.2) is 6.61 Å². The lowest BCUT2D eigenvalue weighted by Crippen LogP contribution is -2.08. The van der Waals surface area contributed by atoms with Gasteiger partial charge in [-0.25, -0.2) is 9.59 Å². The van der Waals surface area contributed by atoms with Crippen LogP contribution >= 0.6 is 11.6 Å². The smallest absolute Gasteiger partial charge is 0.338 e. The molecule has 9 heteroatoms. The molecule has 0 atom stereocenters. The number of hydrogen-bond acceptors (Lipinski definition) is 8. The normalized spacial score (nSPS) is 10.4. The summed E-state index contributed by atoms with van der Waals surface area (Å²) in [7, 11) is 2.48. The Morgan fingerprint density at radius 3 is 2.18 bits per heavy atom. The highest BCUT2D eigenvalue weighted by Gasteiger charge is 2.15. The van der Waals surface area contributed by atoms with Gasteiger partial charge in [0.2, 0.25) is 5.82 Å². The minimum Gasteiger partial charge on any atom is -0.484 e. The number of halogens is 1. The Labute approximate surface area is 165 Å². The maximum Gasteiger partial charge on any atom is 0.338 e. The van der Waals surface area contributed by atoms with E-state index in [1.807, 2.05) is 0 Å². The zero-order valence-electron chi connectivity index (χ0n) is 15.0. The quantitative estimate of drug-likeness (QED) is 0.577. The topological polar surface area (TPSA) is 101 Å². The summed E-state index contributed by atoms with van der Waals surface area (Å²) in [6.45, 7) is -0.0637. The standard InChI is InChI=1S/C19H15ClN2O6/c1-25-18(23)12-7-13(19(24)26-2)9-15(8-12)27-10-16-21-17(22-28-16)11-3-5-14(20)6-4-11/h3-9H,10H2,1-2H3. The molecule has 0 N–H and O–H groups in total. The SMILES string of the molecule is COC(=O)c1cc(OCc2nc(-c3ccc(Cl)cc3)no2)cc(C(=O)OC)c1. The van der Waals surface area contributed by atoms with Crippen molar-refractivity contribution < 1.29 is 28.3 Å². The zero-order valence-corrected chi connectivity index (χ0v) is 15.7. The van der Waals surface area contributed by atoms with Crippen LogP contribution in [-0.4, -0.2) is 36.3 Å². The molecule has 1 heterocycles. The number of aromatic nitrogens is 2. The van der Waals surface area contributed by atoms with Gasteiger partial charge in [-0.1, -0.05) is 16.8 Å². The number of hydrogen-bond donors (Lipinski definition) is 0. The van der Waals surface area contributed by atoms with E-state index in [1.165, 1.54) is 32.4 Å². The maximum atomic E-state index is 11.8. The molecule has 0 aliphatic carbocycles. The van der Waals surface area contributed by atoms with E-state index >= 15 is 0 Å². The van der Waals surface area contributed by atoms with E-state index in [0.717, 1.165) is 5.56 Å². The van der Waals surface area contributed by atoms with Crippen LogP contribution in [0.15, 0.2) is 47.0 Å². The van der Waals surface area contributed by atoms with Crippen molar-refractivity contribution in [1.29, 1.82) is 0 Å². The third kappa shape index (κ3) is 4.47. The molecule has 0 spiro atoms. The average Bonchev–Trinajstić information content (AvgIpc) is 3.20. The zero-order chi connectivity index (χ0) is 20.1. The van der Waals surface area contributed by atoms with Gasteiger partial charge in [-0.05, 0) is 42.5 Å². The van der Waals surface area contributed by atoms with Crippen molar-refractivity contribution in [2.24, 2.45) is 0 Å². The number of carbonyl (C=O) groups is 2.